The highest BCUT2D eigenvalue weighted by Gasteiger charge is 2.25. The minimum Gasteiger partial charge on any atom is -0.448 e. The molecule has 2 aromatic rings. The molecule has 104 valence electrons. The Bertz CT molecular complexity index is 753. The fourth-order valence-corrected chi connectivity index (χ4v) is 1.91. The standard InChI is InChI=1S/C12H12N4O4/c17-9-4-5-16(12(19)14-9)15-10(18)8-6-20-11(13-8)7-2-1-3-7/h4-7H,1-3H2,(H,15,18)(H,14,17,19). The van der Waals surface area contributed by atoms with Gasteiger partial charge >= 0.3 is 5.69 Å². The Labute approximate surface area is 112 Å². The highest BCUT2D eigenvalue weighted by atomic mass is 16.3. The molecule has 1 saturated carbocycles. The number of carbonyl (C=O) groups is 1. The van der Waals surface area contributed by atoms with Crippen molar-refractivity contribution in [2.45, 2.75) is 25.2 Å². The molecule has 0 radical (unpaired) electrons. The first-order valence-electron chi connectivity index (χ1n) is 6.22. The van der Waals surface area contributed by atoms with Gasteiger partial charge in [0.2, 0.25) is 0 Å². The highest BCUT2D eigenvalue weighted by Crippen LogP contribution is 2.35. The lowest BCUT2D eigenvalue weighted by Crippen LogP contribution is -2.37. The molecule has 1 aliphatic carbocycles. The summed E-state index contributed by atoms with van der Waals surface area (Å²) in [6, 6.07) is 1.13. The van der Waals surface area contributed by atoms with Crippen LogP contribution in [-0.2, 0) is 0 Å². The molecule has 0 aromatic carbocycles. The van der Waals surface area contributed by atoms with Gasteiger partial charge in [-0.25, -0.2) is 14.5 Å². The van der Waals surface area contributed by atoms with Crippen LogP contribution in [0.1, 0.15) is 41.6 Å². The summed E-state index contributed by atoms with van der Waals surface area (Å²) in [4.78, 5) is 40.4. The number of nitrogens with one attached hydrogen (secondary N) is 2. The summed E-state index contributed by atoms with van der Waals surface area (Å²) in [5, 5.41) is 0. The SMILES string of the molecule is O=C(Nn1ccc(=O)[nH]c1=O)c1coc(C2CCC2)n1. The molecule has 0 unspecified atom stereocenters. The smallest absolute Gasteiger partial charge is 0.347 e. The second-order valence-corrected chi connectivity index (χ2v) is 4.62. The molecule has 0 atom stereocenters. The Hall–Kier alpha value is -2.64. The van der Waals surface area contributed by atoms with Gasteiger partial charge < -0.3 is 4.42 Å². The largest absolute Gasteiger partial charge is 0.448 e. The van der Waals surface area contributed by atoms with Crippen molar-refractivity contribution in [1.82, 2.24) is 14.6 Å². The summed E-state index contributed by atoms with van der Waals surface area (Å²) in [5.41, 5.74) is 1.16. The molecule has 0 aliphatic heterocycles. The Balaban J connectivity index is 1.77. The topological polar surface area (TPSA) is 110 Å². The normalized spacial score (nSPS) is 14.8. The van der Waals surface area contributed by atoms with Crippen molar-refractivity contribution in [2.75, 3.05) is 5.43 Å². The number of H-pyrrole nitrogens is 1. The number of nitrogens with zero attached hydrogens (tertiary/aromatic N) is 2. The lowest BCUT2D eigenvalue weighted by Gasteiger charge is -2.21. The van der Waals surface area contributed by atoms with E-state index in [-0.39, 0.29) is 11.6 Å². The Kier molecular flexibility index (Phi) is 2.97. The monoisotopic (exact) mass is 276 g/mol. The van der Waals surface area contributed by atoms with E-state index < -0.39 is 17.2 Å². The molecule has 3 rings (SSSR count). The summed E-state index contributed by atoms with van der Waals surface area (Å²) in [5.74, 6) is 0.260. The highest BCUT2D eigenvalue weighted by molar-refractivity contribution is 5.97. The van der Waals surface area contributed by atoms with Crippen LogP contribution < -0.4 is 16.7 Å². The Morgan fingerprint density at radius 1 is 1.45 bits per heavy atom. The molecular formula is C12H12N4O4. The Morgan fingerprint density at radius 2 is 2.25 bits per heavy atom. The van der Waals surface area contributed by atoms with E-state index in [4.69, 9.17) is 4.42 Å². The third-order valence-electron chi connectivity index (χ3n) is 3.25. The average molecular weight is 276 g/mol. The van der Waals surface area contributed by atoms with Crippen LogP contribution >= 0.6 is 0 Å². The fraction of sp³-hybridized carbons (Fsp3) is 0.333. The lowest BCUT2D eigenvalue weighted by atomic mass is 9.85. The predicted molar refractivity (Wildman–Crippen MR) is 68.1 cm³/mol. The predicted octanol–water partition coefficient (Wildman–Crippen LogP) is 0.176. The van der Waals surface area contributed by atoms with Gasteiger partial charge in [0.15, 0.2) is 11.6 Å². The second-order valence-electron chi connectivity index (χ2n) is 4.62. The van der Waals surface area contributed by atoms with Crippen molar-refractivity contribution in [3.63, 3.8) is 0 Å². The molecule has 0 saturated heterocycles. The van der Waals surface area contributed by atoms with E-state index in [1.807, 2.05) is 4.98 Å². The van der Waals surface area contributed by atoms with Gasteiger partial charge in [-0.15, -0.1) is 0 Å². The number of rotatable bonds is 3. The summed E-state index contributed by atoms with van der Waals surface area (Å²) in [6.07, 6.45) is 5.61. The van der Waals surface area contributed by atoms with Gasteiger partial charge in [-0.2, -0.15) is 0 Å². The van der Waals surface area contributed by atoms with E-state index in [1.54, 1.807) is 0 Å². The molecule has 20 heavy (non-hydrogen) atoms. The van der Waals surface area contributed by atoms with Crippen LogP contribution in [0.15, 0.2) is 32.5 Å². The summed E-state index contributed by atoms with van der Waals surface area (Å²) >= 11 is 0. The molecule has 8 heteroatoms. The molecule has 1 fully saturated rings. The number of hydrogen-bond donors (Lipinski definition) is 2. The van der Waals surface area contributed by atoms with Crippen molar-refractivity contribution in [2.24, 2.45) is 0 Å². The molecule has 8 nitrogen and oxygen atoms in total. The quantitative estimate of drug-likeness (QED) is 0.830. The van der Waals surface area contributed by atoms with Gasteiger partial charge in [0.05, 0.1) is 0 Å². The van der Waals surface area contributed by atoms with Crippen LogP contribution in [0.2, 0.25) is 0 Å². The Morgan fingerprint density at radius 3 is 2.90 bits per heavy atom. The van der Waals surface area contributed by atoms with Crippen LogP contribution in [0.25, 0.3) is 0 Å². The van der Waals surface area contributed by atoms with Crippen molar-refractivity contribution in [3.05, 3.63) is 50.9 Å². The summed E-state index contributed by atoms with van der Waals surface area (Å²) in [7, 11) is 0. The van der Waals surface area contributed by atoms with Crippen molar-refractivity contribution >= 4 is 5.91 Å². The number of amides is 1. The lowest BCUT2D eigenvalue weighted by molar-refractivity contribution is 0.100. The van der Waals surface area contributed by atoms with Crippen LogP contribution in [0.5, 0.6) is 0 Å². The molecule has 0 spiro atoms. The second kappa shape index (κ2) is 4.80. The van der Waals surface area contributed by atoms with Gasteiger partial charge in [0.1, 0.15) is 6.26 Å². The van der Waals surface area contributed by atoms with E-state index in [0.29, 0.717) is 5.89 Å². The number of aromatic amines is 1. The van der Waals surface area contributed by atoms with E-state index in [9.17, 15) is 14.4 Å². The minimum atomic E-state index is -0.728. The summed E-state index contributed by atoms with van der Waals surface area (Å²) < 4.78 is 6.14. The molecule has 2 N–H and O–H groups in total. The van der Waals surface area contributed by atoms with Crippen LogP contribution in [0.3, 0.4) is 0 Å². The zero-order chi connectivity index (χ0) is 14.1. The molecule has 2 aromatic heterocycles. The third-order valence-corrected chi connectivity index (χ3v) is 3.25. The zero-order valence-electron chi connectivity index (χ0n) is 10.5. The van der Waals surface area contributed by atoms with E-state index >= 15 is 0 Å². The van der Waals surface area contributed by atoms with Crippen molar-refractivity contribution in [1.29, 1.82) is 0 Å². The van der Waals surface area contributed by atoms with Crippen LogP contribution in [0, 0.1) is 0 Å². The van der Waals surface area contributed by atoms with E-state index in [0.717, 1.165) is 30.0 Å². The van der Waals surface area contributed by atoms with Gasteiger partial charge in [-0.3, -0.25) is 20.0 Å². The van der Waals surface area contributed by atoms with Gasteiger partial charge in [0.25, 0.3) is 11.5 Å². The first-order valence-corrected chi connectivity index (χ1v) is 6.22. The van der Waals surface area contributed by atoms with Gasteiger partial charge in [-0.1, -0.05) is 6.42 Å². The molecular weight excluding hydrogens is 264 g/mol. The maximum absolute atomic E-state index is 11.9. The summed E-state index contributed by atoms with van der Waals surface area (Å²) in [6.45, 7) is 0. The van der Waals surface area contributed by atoms with Crippen LogP contribution in [0.4, 0.5) is 0 Å². The average Bonchev–Trinajstić information content (AvgIpc) is 2.80. The first-order chi connectivity index (χ1) is 9.63. The van der Waals surface area contributed by atoms with Crippen molar-refractivity contribution in [3.8, 4) is 0 Å². The molecule has 2 heterocycles. The van der Waals surface area contributed by atoms with Gasteiger partial charge in [-0.05, 0) is 12.8 Å². The molecule has 1 aliphatic rings. The van der Waals surface area contributed by atoms with E-state index in [2.05, 4.69) is 10.4 Å². The number of hydrogen-bond acceptors (Lipinski definition) is 5. The number of oxazole rings is 1. The maximum Gasteiger partial charge on any atom is 0.347 e. The van der Waals surface area contributed by atoms with Crippen LogP contribution in [-0.4, -0.2) is 20.6 Å². The molecule has 1 amide bonds. The number of carbonyl (C=O) groups excluding carboxylic acids is 1. The number of aromatic nitrogens is 3. The fourth-order valence-electron chi connectivity index (χ4n) is 1.91. The zero-order valence-corrected chi connectivity index (χ0v) is 10.5. The van der Waals surface area contributed by atoms with E-state index in [1.165, 1.54) is 12.5 Å². The molecule has 0 bridgehead atoms. The minimum absolute atomic E-state index is 0.102. The third kappa shape index (κ3) is 2.27. The van der Waals surface area contributed by atoms with Gasteiger partial charge in [0, 0.05) is 18.2 Å². The first kappa shape index (κ1) is 12.4. The van der Waals surface area contributed by atoms with Crippen molar-refractivity contribution < 1.29 is 9.21 Å². The maximum atomic E-state index is 11.9.